The maximum Gasteiger partial charge on any atom is 0.261 e. The van der Waals surface area contributed by atoms with Gasteiger partial charge in [0.15, 0.2) is 6.61 Å². The zero-order chi connectivity index (χ0) is 22.3. The maximum absolute atomic E-state index is 13.1. The molecule has 0 saturated carbocycles. The first-order chi connectivity index (χ1) is 14.2. The van der Waals surface area contributed by atoms with Crippen LogP contribution in [-0.2, 0) is 16.1 Å². The number of amides is 2. The topological polar surface area (TPSA) is 58.6 Å². The van der Waals surface area contributed by atoms with Crippen molar-refractivity contribution in [2.45, 2.75) is 40.3 Å². The lowest BCUT2D eigenvalue weighted by Gasteiger charge is -2.29. The molecule has 0 radical (unpaired) electrons. The molecule has 0 fully saturated rings. The summed E-state index contributed by atoms with van der Waals surface area (Å²) in [5.41, 5.74) is 2.04. The number of ether oxygens (including phenoxy) is 1. The third kappa shape index (κ3) is 7.03. The van der Waals surface area contributed by atoms with Gasteiger partial charge < -0.3 is 15.0 Å². The van der Waals surface area contributed by atoms with Crippen LogP contribution in [0.1, 0.15) is 31.9 Å². The Morgan fingerprint density at radius 2 is 1.87 bits per heavy atom. The lowest BCUT2D eigenvalue weighted by Crippen LogP contribution is -2.49. The number of halogens is 2. The fourth-order valence-electron chi connectivity index (χ4n) is 2.82. The van der Waals surface area contributed by atoms with E-state index in [-0.39, 0.29) is 18.4 Å². The Morgan fingerprint density at radius 1 is 1.17 bits per heavy atom. The summed E-state index contributed by atoms with van der Waals surface area (Å²) in [5, 5.41) is 3.31. The number of hydrogen-bond donors (Lipinski definition) is 1. The number of hydrogen-bond acceptors (Lipinski definition) is 3. The minimum atomic E-state index is -0.639. The first kappa shape index (κ1) is 24.2. The number of benzene rings is 2. The van der Waals surface area contributed by atoms with Gasteiger partial charge in [-0.1, -0.05) is 65.6 Å². The summed E-state index contributed by atoms with van der Waals surface area (Å²) in [5.74, 6) is 0.266. The molecule has 7 heteroatoms. The first-order valence-corrected chi connectivity index (χ1v) is 11.1. The molecule has 0 unspecified atom stereocenters. The Bertz CT molecular complexity index is 889. The SMILES string of the molecule is Cc1ccccc1CN(C(=O)COc1ccc(Br)cc1Cl)[C@@H](C)C(=O)NCC(C)C. The van der Waals surface area contributed by atoms with Gasteiger partial charge in [-0.2, -0.15) is 0 Å². The number of carbonyl (C=O) groups excluding carboxylic acids is 2. The molecule has 162 valence electrons. The average molecular weight is 496 g/mol. The summed E-state index contributed by atoms with van der Waals surface area (Å²) in [4.78, 5) is 27.3. The van der Waals surface area contributed by atoms with Crippen LogP contribution < -0.4 is 10.1 Å². The Labute approximate surface area is 191 Å². The summed E-state index contributed by atoms with van der Waals surface area (Å²) in [6.45, 7) is 8.43. The zero-order valence-electron chi connectivity index (χ0n) is 17.7. The van der Waals surface area contributed by atoms with Crippen LogP contribution in [0.3, 0.4) is 0 Å². The third-order valence-corrected chi connectivity index (χ3v) is 5.49. The van der Waals surface area contributed by atoms with Gasteiger partial charge in [-0.3, -0.25) is 9.59 Å². The third-order valence-electron chi connectivity index (χ3n) is 4.70. The molecule has 0 aliphatic carbocycles. The molecule has 2 rings (SSSR count). The molecule has 30 heavy (non-hydrogen) atoms. The normalized spacial score (nSPS) is 11.8. The van der Waals surface area contributed by atoms with Crippen LogP contribution in [-0.4, -0.2) is 35.9 Å². The van der Waals surface area contributed by atoms with E-state index in [9.17, 15) is 9.59 Å². The molecule has 0 spiro atoms. The van der Waals surface area contributed by atoms with Gasteiger partial charge in [-0.05, 0) is 49.1 Å². The zero-order valence-corrected chi connectivity index (χ0v) is 20.1. The Hall–Kier alpha value is -2.05. The fraction of sp³-hybridized carbons (Fsp3) is 0.391. The van der Waals surface area contributed by atoms with Gasteiger partial charge in [0.2, 0.25) is 5.91 Å². The van der Waals surface area contributed by atoms with E-state index in [1.807, 2.05) is 45.0 Å². The highest BCUT2D eigenvalue weighted by Crippen LogP contribution is 2.27. The highest BCUT2D eigenvalue weighted by Gasteiger charge is 2.27. The minimum Gasteiger partial charge on any atom is -0.482 e. The van der Waals surface area contributed by atoms with Crippen molar-refractivity contribution in [2.24, 2.45) is 5.92 Å². The van der Waals surface area contributed by atoms with Gasteiger partial charge >= 0.3 is 0 Å². The molecule has 0 bridgehead atoms. The molecule has 5 nitrogen and oxygen atoms in total. The Morgan fingerprint density at radius 3 is 2.50 bits per heavy atom. The molecule has 2 amide bonds. The molecule has 0 saturated heterocycles. The minimum absolute atomic E-state index is 0.188. The van der Waals surface area contributed by atoms with Crippen molar-refractivity contribution in [1.82, 2.24) is 10.2 Å². The fourth-order valence-corrected chi connectivity index (χ4v) is 3.55. The van der Waals surface area contributed by atoms with Crippen LogP contribution in [0.2, 0.25) is 5.02 Å². The quantitative estimate of drug-likeness (QED) is 0.534. The largest absolute Gasteiger partial charge is 0.482 e. The molecule has 1 N–H and O–H groups in total. The molecular formula is C23H28BrClN2O3. The van der Waals surface area contributed by atoms with E-state index in [4.69, 9.17) is 16.3 Å². The Kier molecular flexibility index (Phi) is 9.18. The number of carbonyl (C=O) groups is 2. The molecule has 0 aliphatic rings. The number of nitrogens with zero attached hydrogens (tertiary/aromatic N) is 1. The van der Waals surface area contributed by atoms with Gasteiger partial charge in [0.25, 0.3) is 5.91 Å². The first-order valence-electron chi connectivity index (χ1n) is 9.88. The van der Waals surface area contributed by atoms with Gasteiger partial charge in [0.1, 0.15) is 11.8 Å². The highest BCUT2D eigenvalue weighted by atomic mass is 79.9. The Balaban J connectivity index is 2.17. The van der Waals surface area contributed by atoms with E-state index >= 15 is 0 Å². The molecular weight excluding hydrogens is 468 g/mol. The number of rotatable bonds is 9. The summed E-state index contributed by atoms with van der Waals surface area (Å²) in [7, 11) is 0. The van der Waals surface area contributed by atoms with Gasteiger partial charge in [-0.25, -0.2) is 0 Å². The van der Waals surface area contributed by atoms with Gasteiger partial charge in [-0.15, -0.1) is 0 Å². The average Bonchev–Trinajstić information content (AvgIpc) is 2.70. The van der Waals surface area contributed by atoms with Crippen LogP contribution >= 0.6 is 27.5 Å². The van der Waals surface area contributed by atoms with E-state index in [2.05, 4.69) is 21.2 Å². The van der Waals surface area contributed by atoms with Crippen molar-refractivity contribution in [2.75, 3.05) is 13.2 Å². The van der Waals surface area contributed by atoms with Gasteiger partial charge in [0.05, 0.1) is 5.02 Å². The number of aryl methyl sites for hydroxylation is 1. The predicted molar refractivity (Wildman–Crippen MR) is 124 cm³/mol. The molecule has 0 heterocycles. The maximum atomic E-state index is 13.1. The second kappa shape index (κ2) is 11.4. The molecule has 2 aromatic rings. The van der Waals surface area contributed by atoms with Crippen molar-refractivity contribution in [3.63, 3.8) is 0 Å². The van der Waals surface area contributed by atoms with Crippen LogP contribution in [0.15, 0.2) is 46.9 Å². The van der Waals surface area contributed by atoms with Crippen molar-refractivity contribution in [3.8, 4) is 5.75 Å². The van der Waals surface area contributed by atoms with Crippen molar-refractivity contribution in [1.29, 1.82) is 0 Å². The highest BCUT2D eigenvalue weighted by molar-refractivity contribution is 9.10. The van der Waals surface area contributed by atoms with E-state index in [0.717, 1.165) is 15.6 Å². The summed E-state index contributed by atoms with van der Waals surface area (Å²) < 4.78 is 6.48. The standard InChI is InChI=1S/C23H28BrClN2O3/c1-15(2)12-26-23(29)17(4)27(13-18-8-6-5-7-16(18)3)22(28)14-30-21-10-9-19(24)11-20(21)25/h5-11,15,17H,12-14H2,1-4H3,(H,26,29)/t17-/m0/s1. The van der Waals surface area contributed by atoms with Crippen LogP contribution in [0.25, 0.3) is 0 Å². The molecule has 0 aliphatic heterocycles. The number of nitrogens with one attached hydrogen (secondary N) is 1. The lowest BCUT2D eigenvalue weighted by molar-refractivity contribution is -0.142. The van der Waals surface area contributed by atoms with E-state index in [0.29, 0.717) is 29.8 Å². The van der Waals surface area contributed by atoms with Crippen LogP contribution in [0, 0.1) is 12.8 Å². The predicted octanol–water partition coefficient (Wildman–Crippen LogP) is 4.98. The molecule has 0 aromatic heterocycles. The second-order valence-corrected chi connectivity index (χ2v) is 8.95. The van der Waals surface area contributed by atoms with Crippen LogP contribution in [0.4, 0.5) is 0 Å². The summed E-state index contributed by atoms with van der Waals surface area (Å²) in [6.07, 6.45) is 0. The molecule has 2 aromatic carbocycles. The van der Waals surface area contributed by atoms with Crippen molar-refractivity contribution < 1.29 is 14.3 Å². The van der Waals surface area contributed by atoms with Crippen LogP contribution in [0.5, 0.6) is 5.75 Å². The monoisotopic (exact) mass is 494 g/mol. The second-order valence-electron chi connectivity index (χ2n) is 7.63. The molecule has 1 atom stereocenters. The van der Waals surface area contributed by atoms with E-state index < -0.39 is 6.04 Å². The van der Waals surface area contributed by atoms with Gasteiger partial charge in [0, 0.05) is 17.6 Å². The summed E-state index contributed by atoms with van der Waals surface area (Å²) in [6, 6.07) is 12.4. The lowest BCUT2D eigenvalue weighted by atomic mass is 10.1. The van der Waals surface area contributed by atoms with E-state index in [1.54, 1.807) is 30.0 Å². The smallest absolute Gasteiger partial charge is 0.261 e. The van der Waals surface area contributed by atoms with E-state index in [1.165, 1.54) is 0 Å². The summed E-state index contributed by atoms with van der Waals surface area (Å²) >= 11 is 9.53. The van der Waals surface area contributed by atoms with Crippen molar-refractivity contribution in [3.05, 3.63) is 63.1 Å². The van der Waals surface area contributed by atoms with Crippen molar-refractivity contribution >= 4 is 39.3 Å².